The quantitative estimate of drug-likeness (QED) is 0.147. The number of imidazole rings is 1. The molecule has 0 bridgehead atoms. The lowest BCUT2D eigenvalue weighted by Gasteiger charge is -2.50. The second kappa shape index (κ2) is 11.4. The van der Waals surface area contributed by atoms with Gasteiger partial charge in [0, 0.05) is 40.6 Å². The largest absolute Gasteiger partial charge is 0.478 e. The summed E-state index contributed by atoms with van der Waals surface area (Å²) in [4.78, 5) is 48.7. The number of aromatic nitrogens is 2. The zero-order valence-corrected chi connectivity index (χ0v) is 26.6. The predicted octanol–water partition coefficient (Wildman–Crippen LogP) is 8.06. The molecule has 2 N–H and O–H groups in total. The number of allylic oxidation sites excluding steroid dienone is 2. The maximum atomic E-state index is 14.2. The molecule has 1 aliphatic heterocycles. The van der Waals surface area contributed by atoms with Crippen molar-refractivity contribution in [3.05, 3.63) is 143 Å². The number of hydrogen-bond donors (Lipinski definition) is 2. The first kappa shape index (κ1) is 30.1. The standard InChI is InChI=1S/C40H35N3O4/c1-39(2)31(25-13-15-27(16-14-25)38(46)47)19-21-40(3)24-43(22-20-34(39)40)37(45)30-12-8-7-11-29(30)36-41-32-18-17-28(23-33(32)42-36)35(44)26-9-5-4-6-10-26/h4-20,23H,21-22,24H2,1-3H3,(H,41,42)(H,46,47)/t40-/m1/s1. The van der Waals surface area contributed by atoms with E-state index in [1.54, 1.807) is 30.3 Å². The Bertz CT molecular complexity index is 2120. The summed E-state index contributed by atoms with van der Waals surface area (Å²) in [6.45, 7) is 7.70. The van der Waals surface area contributed by atoms with E-state index < -0.39 is 5.97 Å². The molecule has 1 amide bonds. The Morgan fingerprint density at radius 1 is 0.809 bits per heavy atom. The number of nitrogens with zero attached hydrogens (tertiary/aromatic N) is 2. The van der Waals surface area contributed by atoms with Gasteiger partial charge in [-0.25, -0.2) is 9.78 Å². The van der Waals surface area contributed by atoms with Gasteiger partial charge in [0.25, 0.3) is 5.91 Å². The Hall–Kier alpha value is -5.56. The van der Waals surface area contributed by atoms with Crippen LogP contribution in [0.4, 0.5) is 0 Å². The number of amides is 1. The molecule has 47 heavy (non-hydrogen) atoms. The Kier molecular flexibility index (Phi) is 7.27. The summed E-state index contributed by atoms with van der Waals surface area (Å²) in [5, 5.41) is 9.34. The first-order valence-electron chi connectivity index (χ1n) is 15.8. The van der Waals surface area contributed by atoms with Crippen molar-refractivity contribution in [3.8, 4) is 11.4 Å². The molecule has 1 aliphatic carbocycles. The first-order valence-corrected chi connectivity index (χ1v) is 15.8. The van der Waals surface area contributed by atoms with Crippen LogP contribution in [0.3, 0.4) is 0 Å². The summed E-state index contributed by atoms with van der Waals surface area (Å²) in [7, 11) is 0. The van der Waals surface area contributed by atoms with Crippen molar-refractivity contribution in [2.75, 3.05) is 13.1 Å². The number of aromatic carboxylic acids is 1. The number of hydrogen-bond acceptors (Lipinski definition) is 4. The van der Waals surface area contributed by atoms with Gasteiger partial charge in [0.1, 0.15) is 5.82 Å². The van der Waals surface area contributed by atoms with Crippen LogP contribution in [0.25, 0.3) is 28.0 Å². The van der Waals surface area contributed by atoms with Gasteiger partial charge < -0.3 is 15.0 Å². The highest BCUT2D eigenvalue weighted by Gasteiger charge is 2.46. The SMILES string of the molecule is CC1(C)C(c2ccc(C(=O)O)cc2)=CC[C@]2(C)CN(C(=O)c3ccccc3-c3nc4ccc(C(=O)c5ccccc5)cc4[nH]3)CC=C12. The molecule has 2 aliphatic rings. The van der Waals surface area contributed by atoms with E-state index in [1.165, 1.54) is 11.1 Å². The Morgan fingerprint density at radius 2 is 1.51 bits per heavy atom. The number of benzene rings is 4. The van der Waals surface area contributed by atoms with Crippen molar-refractivity contribution in [2.45, 2.75) is 27.2 Å². The fourth-order valence-corrected chi connectivity index (χ4v) is 7.44. The maximum absolute atomic E-state index is 14.2. The second-order valence-electron chi connectivity index (χ2n) is 13.3. The third-order valence-electron chi connectivity index (χ3n) is 9.73. The number of carbonyl (C=O) groups is 3. The third-order valence-corrected chi connectivity index (χ3v) is 9.73. The number of rotatable bonds is 6. The van der Waals surface area contributed by atoms with E-state index in [0.717, 1.165) is 23.0 Å². The molecule has 7 nitrogen and oxygen atoms in total. The smallest absolute Gasteiger partial charge is 0.335 e. The fraction of sp³-hybridized carbons (Fsp3) is 0.200. The van der Waals surface area contributed by atoms with Crippen molar-refractivity contribution in [2.24, 2.45) is 10.8 Å². The fourth-order valence-electron chi connectivity index (χ4n) is 7.44. The van der Waals surface area contributed by atoms with Crippen molar-refractivity contribution < 1.29 is 19.5 Å². The molecule has 234 valence electrons. The van der Waals surface area contributed by atoms with Crippen LogP contribution < -0.4 is 0 Å². The molecule has 1 aromatic heterocycles. The molecule has 0 radical (unpaired) electrons. The molecule has 0 fully saturated rings. The van der Waals surface area contributed by atoms with Gasteiger partial charge in [-0.05, 0) is 54.0 Å². The lowest BCUT2D eigenvalue weighted by atomic mass is 9.58. The minimum Gasteiger partial charge on any atom is -0.478 e. The maximum Gasteiger partial charge on any atom is 0.335 e. The van der Waals surface area contributed by atoms with E-state index in [2.05, 4.69) is 37.9 Å². The van der Waals surface area contributed by atoms with Crippen molar-refractivity contribution in [1.29, 1.82) is 0 Å². The number of ketones is 1. The van der Waals surface area contributed by atoms with Crippen LogP contribution in [-0.4, -0.2) is 50.7 Å². The van der Waals surface area contributed by atoms with Crippen molar-refractivity contribution in [3.63, 3.8) is 0 Å². The van der Waals surface area contributed by atoms with E-state index in [-0.39, 0.29) is 28.1 Å². The summed E-state index contributed by atoms with van der Waals surface area (Å²) in [6, 6.07) is 29.2. The van der Waals surface area contributed by atoms with Gasteiger partial charge in [-0.2, -0.15) is 0 Å². The monoisotopic (exact) mass is 621 g/mol. The third kappa shape index (κ3) is 5.27. The van der Waals surface area contributed by atoms with Crippen LogP contribution in [0, 0.1) is 10.8 Å². The first-order chi connectivity index (χ1) is 22.5. The van der Waals surface area contributed by atoms with Gasteiger partial charge >= 0.3 is 5.97 Å². The lowest BCUT2D eigenvalue weighted by Crippen LogP contribution is -2.48. The molecule has 0 unspecified atom stereocenters. The zero-order valence-electron chi connectivity index (χ0n) is 26.6. The average molecular weight is 622 g/mol. The summed E-state index contributed by atoms with van der Waals surface area (Å²) in [5.74, 6) is -0.483. The molecule has 1 atom stereocenters. The average Bonchev–Trinajstić information content (AvgIpc) is 3.51. The molecule has 5 aromatic rings. The Morgan fingerprint density at radius 3 is 2.26 bits per heavy atom. The molecular formula is C40H35N3O4. The molecule has 0 saturated carbocycles. The van der Waals surface area contributed by atoms with Gasteiger partial charge in [0.15, 0.2) is 5.78 Å². The molecule has 4 aromatic carbocycles. The number of fused-ring (bicyclic) bond motifs is 2. The van der Waals surface area contributed by atoms with Gasteiger partial charge in [-0.3, -0.25) is 9.59 Å². The van der Waals surface area contributed by atoms with Crippen molar-refractivity contribution >= 4 is 34.3 Å². The van der Waals surface area contributed by atoms with Crippen LogP contribution in [0.2, 0.25) is 0 Å². The van der Waals surface area contributed by atoms with E-state index in [1.807, 2.05) is 71.6 Å². The van der Waals surface area contributed by atoms with E-state index >= 15 is 0 Å². The Labute approximate surface area is 273 Å². The zero-order chi connectivity index (χ0) is 32.9. The molecule has 7 rings (SSSR count). The number of H-pyrrole nitrogens is 1. The lowest BCUT2D eigenvalue weighted by molar-refractivity contribution is 0.0679. The number of carboxylic acids is 1. The van der Waals surface area contributed by atoms with E-state index in [9.17, 15) is 19.5 Å². The number of nitrogens with one attached hydrogen (secondary N) is 1. The van der Waals surface area contributed by atoms with Gasteiger partial charge in [-0.15, -0.1) is 0 Å². The second-order valence-corrected chi connectivity index (χ2v) is 13.3. The van der Waals surface area contributed by atoms with E-state index in [0.29, 0.717) is 41.2 Å². The summed E-state index contributed by atoms with van der Waals surface area (Å²) in [6.07, 6.45) is 5.21. The van der Waals surface area contributed by atoms with Gasteiger partial charge in [0.05, 0.1) is 22.2 Å². The summed E-state index contributed by atoms with van der Waals surface area (Å²) >= 11 is 0. The van der Waals surface area contributed by atoms with Crippen molar-refractivity contribution in [1.82, 2.24) is 14.9 Å². The number of carboxylic acid groups (broad SMARTS) is 1. The van der Waals surface area contributed by atoms with Crippen LogP contribution in [0.15, 0.2) is 115 Å². The molecule has 2 heterocycles. The summed E-state index contributed by atoms with van der Waals surface area (Å²) < 4.78 is 0. The minimum absolute atomic E-state index is 0.0608. The highest BCUT2D eigenvalue weighted by Crippen LogP contribution is 2.55. The van der Waals surface area contributed by atoms with Gasteiger partial charge in [0.2, 0.25) is 0 Å². The molecule has 0 spiro atoms. The van der Waals surface area contributed by atoms with E-state index in [4.69, 9.17) is 4.98 Å². The highest BCUT2D eigenvalue weighted by atomic mass is 16.4. The molecule has 0 saturated heterocycles. The molecule has 7 heteroatoms. The van der Waals surface area contributed by atoms with Crippen LogP contribution >= 0.6 is 0 Å². The molecular weight excluding hydrogens is 586 g/mol. The van der Waals surface area contributed by atoms with Gasteiger partial charge in [-0.1, -0.05) is 99.2 Å². The predicted molar refractivity (Wildman–Crippen MR) is 183 cm³/mol. The number of carbonyl (C=O) groups excluding carboxylic acids is 2. The highest BCUT2D eigenvalue weighted by molar-refractivity contribution is 6.10. The van der Waals surface area contributed by atoms with Crippen LogP contribution in [-0.2, 0) is 0 Å². The Balaban J connectivity index is 1.15. The van der Waals surface area contributed by atoms with Crippen LogP contribution in [0.1, 0.15) is 69.4 Å². The van der Waals surface area contributed by atoms with Crippen LogP contribution in [0.5, 0.6) is 0 Å². The topological polar surface area (TPSA) is 103 Å². The number of aromatic amines is 1. The normalized spacial score (nSPS) is 18.7. The minimum atomic E-state index is -0.938. The summed E-state index contributed by atoms with van der Waals surface area (Å²) in [5.41, 5.74) is 7.11.